The topological polar surface area (TPSA) is 54.5 Å². The van der Waals surface area contributed by atoms with E-state index < -0.39 is 9.84 Å². The van der Waals surface area contributed by atoms with Gasteiger partial charge in [0, 0.05) is 18.2 Å². The maximum atomic E-state index is 13.0. The van der Waals surface area contributed by atoms with E-state index in [1.54, 1.807) is 17.0 Å². The number of carbonyl (C=O) groups is 1. The summed E-state index contributed by atoms with van der Waals surface area (Å²) in [6, 6.07) is 13.0. The molecular weight excluding hydrogens is 310 g/mol. The molecule has 2 aromatic carbocycles. The highest BCUT2D eigenvalue weighted by atomic mass is 32.2. The molecule has 0 bridgehead atoms. The van der Waals surface area contributed by atoms with Crippen molar-refractivity contribution in [3.8, 4) is 0 Å². The quantitative estimate of drug-likeness (QED) is 0.810. The Hall–Kier alpha value is -2.14. The van der Waals surface area contributed by atoms with E-state index in [1.807, 2.05) is 36.4 Å². The lowest BCUT2D eigenvalue weighted by atomic mass is 10.0. The molecule has 23 heavy (non-hydrogen) atoms. The normalized spacial score (nSPS) is 19.6. The SMILES string of the molecule is C=CCN(C(=O)c1cccc2ccccc12)[C@H]1CCS(=O)(=O)C1. The van der Waals surface area contributed by atoms with Gasteiger partial charge in [-0.1, -0.05) is 42.5 Å². The molecule has 0 saturated carbocycles. The molecule has 1 aliphatic rings. The summed E-state index contributed by atoms with van der Waals surface area (Å²) >= 11 is 0. The van der Waals surface area contributed by atoms with E-state index in [0.717, 1.165) is 10.8 Å². The third kappa shape index (κ3) is 3.15. The molecule has 0 unspecified atom stereocenters. The number of benzene rings is 2. The maximum absolute atomic E-state index is 13.0. The first-order valence-corrected chi connectivity index (χ1v) is 9.44. The summed E-state index contributed by atoms with van der Waals surface area (Å²) in [5, 5.41) is 1.88. The number of amides is 1. The molecule has 0 aromatic heterocycles. The lowest BCUT2D eigenvalue weighted by Crippen LogP contribution is -2.41. The standard InChI is InChI=1S/C18H19NO3S/c1-2-11-19(15-10-12-23(21,22)13-15)18(20)17-9-5-7-14-6-3-4-8-16(14)17/h2-9,15H,1,10-13H2/t15-/m0/s1. The number of carbonyl (C=O) groups excluding carboxylic acids is 1. The van der Waals surface area contributed by atoms with Crippen LogP contribution in [-0.2, 0) is 9.84 Å². The summed E-state index contributed by atoms with van der Waals surface area (Å²) in [4.78, 5) is 14.7. The van der Waals surface area contributed by atoms with Crippen molar-refractivity contribution >= 4 is 26.5 Å². The molecule has 0 spiro atoms. The minimum Gasteiger partial charge on any atom is -0.331 e. The van der Waals surface area contributed by atoms with Gasteiger partial charge in [0.15, 0.2) is 9.84 Å². The van der Waals surface area contributed by atoms with Crippen LogP contribution in [0.4, 0.5) is 0 Å². The number of hydrogen-bond donors (Lipinski definition) is 0. The Morgan fingerprint density at radius 3 is 2.65 bits per heavy atom. The Morgan fingerprint density at radius 2 is 1.96 bits per heavy atom. The predicted octanol–water partition coefficient (Wildman–Crippen LogP) is 2.66. The van der Waals surface area contributed by atoms with Gasteiger partial charge in [-0.05, 0) is 23.3 Å². The summed E-state index contributed by atoms with van der Waals surface area (Å²) in [5.41, 5.74) is 0.606. The van der Waals surface area contributed by atoms with Crippen molar-refractivity contribution in [3.63, 3.8) is 0 Å². The number of rotatable bonds is 4. The van der Waals surface area contributed by atoms with Crippen LogP contribution in [0.15, 0.2) is 55.1 Å². The highest BCUT2D eigenvalue weighted by molar-refractivity contribution is 7.91. The Morgan fingerprint density at radius 1 is 1.22 bits per heavy atom. The highest BCUT2D eigenvalue weighted by Crippen LogP contribution is 2.24. The molecule has 1 amide bonds. The van der Waals surface area contributed by atoms with Crippen molar-refractivity contribution in [1.29, 1.82) is 0 Å². The third-order valence-electron chi connectivity index (χ3n) is 4.26. The second-order valence-electron chi connectivity index (χ2n) is 5.83. The van der Waals surface area contributed by atoms with E-state index in [0.29, 0.717) is 18.5 Å². The average Bonchev–Trinajstić information content (AvgIpc) is 2.91. The molecule has 1 saturated heterocycles. The Balaban J connectivity index is 1.99. The zero-order chi connectivity index (χ0) is 16.4. The Kier molecular flexibility index (Phi) is 4.22. The molecule has 2 aromatic rings. The second-order valence-corrected chi connectivity index (χ2v) is 8.06. The highest BCUT2D eigenvalue weighted by Gasteiger charge is 2.34. The molecule has 4 nitrogen and oxygen atoms in total. The van der Waals surface area contributed by atoms with E-state index in [2.05, 4.69) is 6.58 Å². The van der Waals surface area contributed by atoms with Crippen molar-refractivity contribution in [2.24, 2.45) is 0 Å². The molecule has 120 valence electrons. The van der Waals surface area contributed by atoms with Crippen LogP contribution >= 0.6 is 0 Å². The van der Waals surface area contributed by atoms with Crippen LogP contribution in [0.1, 0.15) is 16.8 Å². The van der Waals surface area contributed by atoms with E-state index in [-0.39, 0.29) is 23.5 Å². The van der Waals surface area contributed by atoms with Crippen LogP contribution in [0.2, 0.25) is 0 Å². The first-order chi connectivity index (χ1) is 11.0. The van der Waals surface area contributed by atoms with E-state index in [4.69, 9.17) is 0 Å². The molecule has 3 rings (SSSR count). The van der Waals surface area contributed by atoms with Gasteiger partial charge in [-0.3, -0.25) is 4.79 Å². The van der Waals surface area contributed by atoms with Crippen LogP contribution in [0, 0.1) is 0 Å². The van der Waals surface area contributed by atoms with Gasteiger partial charge < -0.3 is 4.90 Å². The van der Waals surface area contributed by atoms with E-state index in [1.165, 1.54) is 0 Å². The zero-order valence-electron chi connectivity index (χ0n) is 12.8. The van der Waals surface area contributed by atoms with Crippen molar-refractivity contribution < 1.29 is 13.2 Å². The first-order valence-electron chi connectivity index (χ1n) is 7.62. The van der Waals surface area contributed by atoms with Gasteiger partial charge in [-0.25, -0.2) is 8.42 Å². The van der Waals surface area contributed by atoms with Crippen LogP contribution in [0.25, 0.3) is 10.8 Å². The van der Waals surface area contributed by atoms with Crippen LogP contribution < -0.4 is 0 Å². The smallest absolute Gasteiger partial charge is 0.255 e. The molecule has 5 heteroatoms. The number of nitrogens with zero attached hydrogens (tertiary/aromatic N) is 1. The summed E-state index contributed by atoms with van der Waals surface area (Å²) in [7, 11) is -3.05. The van der Waals surface area contributed by atoms with Crippen LogP contribution in [0.5, 0.6) is 0 Å². The molecule has 0 radical (unpaired) electrons. The average molecular weight is 329 g/mol. The van der Waals surface area contributed by atoms with Gasteiger partial charge in [-0.2, -0.15) is 0 Å². The van der Waals surface area contributed by atoms with Crippen molar-refractivity contribution in [3.05, 3.63) is 60.7 Å². The largest absolute Gasteiger partial charge is 0.331 e. The van der Waals surface area contributed by atoms with Gasteiger partial charge in [0.05, 0.1) is 11.5 Å². The van der Waals surface area contributed by atoms with Crippen molar-refractivity contribution in [2.45, 2.75) is 12.5 Å². The maximum Gasteiger partial charge on any atom is 0.255 e. The molecular formula is C18H19NO3S. The van der Waals surface area contributed by atoms with Gasteiger partial charge in [0.2, 0.25) is 0 Å². The second kappa shape index (κ2) is 6.16. The van der Waals surface area contributed by atoms with Gasteiger partial charge in [0.25, 0.3) is 5.91 Å². The Labute approximate surface area is 136 Å². The summed E-state index contributed by atoms with van der Waals surface area (Å²) in [6.07, 6.45) is 2.14. The predicted molar refractivity (Wildman–Crippen MR) is 92.2 cm³/mol. The van der Waals surface area contributed by atoms with Gasteiger partial charge in [0.1, 0.15) is 0 Å². The molecule has 1 aliphatic heterocycles. The molecule has 1 atom stereocenters. The fourth-order valence-electron chi connectivity index (χ4n) is 3.12. The lowest BCUT2D eigenvalue weighted by Gasteiger charge is -2.27. The fourth-order valence-corrected chi connectivity index (χ4v) is 4.86. The zero-order valence-corrected chi connectivity index (χ0v) is 13.6. The number of sulfone groups is 1. The van der Waals surface area contributed by atoms with Crippen molar-refractivity contribution in [1.82, 2.24) is 4.90 Å². The lowest BCUT2D eigenvalue weighted by molar-refractivity contribution is 0.0722. The fraction of sp³-hybridized carbons (Fsp3) is 0.278. The van der Waals surface area contributed by atoms with Gasteiger partial charge >= 0.3 is 0 Å². The van der Waals surface area contributed by atoms with Crippen LogP contribution in [-0.4, -0.2) is 43.3 Å². The summed E-state index contributed by atoms with van der Waals surface area (Å²) in [5.74, 6) is 0.0506. The van der Waals surface area contributed by atoms with Crippen LogP contribution in [0.3, 0.4) is 0 Å². The van der Waals surface area contributed by atoms with E-state index in [9.17, 15) is 13.2 Å². The molecule has 1 heterocycles. The van der Waals surface area contributed by atoms with E-state index >= 15 is 0 Å². The summed E-state index contributed by atoms with van der Waals surface area (Å²) < 4.78 is 23.5. The molecule has 0 aliphatic carbocycles. The molecule has 1 fully saturated rings. The van der Waals surface area contributed by atoms with Gasteiger partial charge in [-0.15, -0.1) is 6.58 Å². The molecule has 0 N–H and O–H groups in total. The number of fused-ring (bicyclic) bond motifs is 1. The third-order valence-corrected chi connectivity index (χ3v) is 6.01. The Bertz CT molecular complexity index is 852. The first kappa shape index (κ1) is 15.7. The van der Waals surface area contributed by atoms with Crippen molar-refractivity contribution in [2.75, 3.05) is 18.1 Å². The monoisotopic (exact) mass is 329 g/mol. The minimum absolute atomic E-state index is 0.0390. The number of hydrogen-bond acceptors (Lipinski definition) is 3. The minimum atomic E-state index is -3.05. The summed E-state index contributed by atoms with van der Waals surface area (Å²) in [6.45, 7) is 4.05.